The first-order valence-corrected chi connectivity index (χ1v) is 11.4. The van der Waals surface area contributed by atoms with E-state index in [0.717, 1.165) is 0 Å². The van der Waals surface area contributed by atoms with Crippen molar-refractivity contribution >= 4 is 7.82 Å². The number of aliphatic hydroxyl groups excluding tert-OH is 1. The van der Waals surface area contributed by atoms with Gasteiger partial charge in [0, 0.05) is 6.42 Å². The summed E-state index contributed by atoms with van der Waals surface area (Å²) in [5, 5.41) is 8.84. The van der Waals surface area contributed by atoms with Gasteiger partial charge in [0.25, 0.3) is 0 Å². The first-order valence-electron chi connectivity index (χ1n) is 9.92. The molecule has 0 radical (unpaired) electrons. The summed E-state index contributed by atoms with van der Waals surface area (Å²) in [4.78, 5) is 20.2. The summed E-state index contributed by atoms with van der Waals surface area (Å²) in [6.45, 7) is -2.47. The Morgan fingerprint density at radius 1 is 0.458 bits per heavy atom. The first kappa shape index (κ1) is 50.6. The van der Waals surface area contributed by atoms with Gasteiger partial charge in [-0.1, -0.05) is 0 Å². The van der Waals surface area contributed by atoms with E-state index in [2.05, 4.69) is 4.52 Å². The molecule has 0 rings (SSSR count). The van der Waals surface area contributed by atoms with E-state index in [1.54, 1.807) is 0 Å². The first-order chi connectivity index (χ1) is 19.4. The van der Waals surface area contributed by atoms with Gasteiger partial charge < -0.3 is 36.3 Å². The third kappa shape index (κ3) is 7.06. The standard InChI is InChI=1S/C15H8F25O5P.2H3N/c16-4(17,1-3(41)2-45-46(42,43)44)5(18,19)6(20,21)7(22,23)8(24,25)9(26,27)10(28,29)11(30,31)12(32,33)13(34,35)14(36,37)15(38,39)40;;/h3,41H,1-2H2,(H2,42,43,44);2*1H3. The zero-order valence-electron chi connectivity index (χ0n) is 22.0. The maximum absolute atomic E-state index is 13.8. The fraction of sp³-hybridized carbons (Fsp3) is 1.00. The summed E-state index contributed by atoms with van der Waals surface area (Å²) in [5.74, 6) is -100. The van der Waals surface area contributed by atoms with Gasteiger partial charge in [-0.3, -0.25) is 0 Å². The van der Waals surface area contributed by atoms with Crippen LogP contribution in [0.2, 0.25) is 0 Å². The molecule has 7 nitrogen and oxygen atoms in total. The fourth-order valence-corrected chi connectivity index (χ4v) is 3.00. The van der Waals surface area contributed by atoms with Crippen LogP contribution in [0.1, 0.15) is 6.42 Å². The van der Waals surface area contributed by atoms with Crippen LogP contribution in [-0.2, 0) is 9.09 Å². The Balaban J connectivity index is -0.0000101. The van der Waals surface area contributed by atoms with Crippen molar-refractivity contribution in [3.8, 4) is 0 Å². The Morgan fingerprint density at radius 3 is 0.875 bits per heavy atom. The Hall–Kier alpha value is -1.76. The normalized spacial score (nSPS) is 16.7. The third-order valence-corrected chi connectivity index (χ3v) is 5.75. The van der Waals surface area contributed by atoms with E-state index in [0.29, 0.717) is 0 Å². The lowest BCUT2D eigenvalue weighted by atomic mass is 9.84. The van der Waals surface area contributed by atoms with Crippen molar-refractivity contribution in [2.45, 2.75) is 83.8 Å². The maximum Gasteiger partial charge on any atom is 0.460 e. The summed E-state index contributed by atoms with van der Waals surface area (Å²) >= 11 is 0. The topological polar surface area (TPSA) is 166 Å². The van der Waals surface area contributed by atoms with Crippen LogP contribution < -0.4 is 22.1 Å². The van der Waals surface area contributed by atoms with Crippen LogP contribution in [0, 0.1) is 0 Å². The van der Waals surface area contributed by atoms with Crippen molar-refractivity contribution in [2.24, 2.45) is 0 Å². The molecular weight excluding hydrogens is 794 g/mol. The molecule has 0 saturated carbocycles. The van der Waals surface area contributed by atoms with E-state index in [9.17, 15) is 124 Å². The highest BCUT2D eigenvalue weighted by Crippen LogP contribution is 2.67. The minimum absolute atomic E-state index is 0. The molecule has 0 bridgehead atoms. The molecule has 0 saturated heterocycles. The van der Waals surface area contributed by atoms with Crippen LogP contribution in [0.5, 0.6) is 0 Å². The number of halogens is 25. The number of alkyl halides is 25. The van der Waals surface area contributed by atoms with Gasteiger partial charge in [-0.2, -0.15) is 110 Å². The second-order valence-electron chi connectivity index (χ2n) is 8.55. The smallest absolute Gasteiger partial charge is 0.460 e. The number of rotatable bonds is 15. The van der Waals surface area contributed by atoms with Crippen LogP contribution in [0.3, 0.4) is 0 Å². The Bertz CT molecular complexity index is 1150. The largest absolute Gasteiger partial charge is 0.790 e. The number of hydrogen-bond acceptors (Lipinski definition) is 5. The van der Waals surface area contributed by atoms with E-state index in [-0.39, 0.29) is 12.3 Å². The van der Waals surface area contributed by atoms with Crippen LogP contribution in [0.15, 0.2) is 0 Å². The SMILES string of the molecule is O=P([O-])([O-])OCC(O)CC(F)(F)C(F)(F)C(F)(F)C(F)(F)C(F)(F)C(F)(F)C(F)(F)C(F)(F)C(F)(F)C(F)(F)C(F)(F)C(F)(F)F.[NH4+].[NH4+]. The summed E-state index contributed by atoms with van der Waals surface area (Å²) < 4.78 is 346. The second-order valence-corrected chi connectivity index (χ2v) is 9.70. The minimum Gasteiger partial charge on any atom is -0.790 e. The highest BCUT2D eigenvalue weighted by Gasteiger charge is 2.99. The molecule has 0 fully saturated rings. The van der Waals surface area contributed by atoms with E-state index in [1.807, 2.05) is 0 Å². The van der Waals surface area contributed by atoms with E-state index in [4.69, 9.17) is 5.11 Å². The van der Waals surface area contributed by atoms with Gasteiger partial charge in [-0.15, -0.1) is 0 Å². The van der Waals surface area contributed by atoms with Crippen molar-refractivity contribution in [2.75, 3.05) is 6.61 Å². The lowest BCUT2D eigenvalue weighted by Gasteiger charge is -2.45. The molecule has 0 aliphatic rings. The fourth-order valence-electron chi connectivity index (χ4n) is 2.65. The van der Waals surface area contributed by atoms with Gasteiger partial charge in [0.05, 0.1) is 20.5 Å². The average Bonchev–Trinajstić information content (AvgIpc) is 2.79. The molecule has 33 heteroatoms. The van der Waals surface area contributed by atoms with Gasteiger partial charge in [-0.25, -0.2) is 0 Å². The maximum atomic E-state index is 13.8. The summed E-state index contributed by atoms with van der Waals surface area (Å²) in [5.41, 5.74) is 0. The number of phosphoric acid groups is 1. The van der Waals surface area contributed by atoms with Crippen LogP contribution in [-0.4, -0.2) is 89.1 Å². The third-order valence-electron chi connectivity index (χ3n) is 5.28. The monoisotopic (exact) mass is 808 g/mol. The zero-order valence-corrected chi connectivity index (χ0v) is 22.9. The molecule has 9 N–H and O–H groups in total. The number of aliphatic hydroxyl groups is 1. The number of quaternary nitrogens is 2. The van der Waals surface area contributed by atoms with Crippen molar-refractivity contribution in [1.29, 1.82) is 0 Å². The number of hydrogen-bond donors (Lipinski definition) is 3. The molecule has 1 atom stereocenters. The van der Waals surface area contributed by atoms with Crippen molar-refractivity contribution < 1.29 is 134 Å². The van der Waals surface area contributed by atoms with Gasteiger partial charge in [-0.05, 0) is 0 Å². The Labute approximate surface area is 245 Å². The molecule has 0 aliphatic carbocycles. The molecule has 0 spiro atoms. The van der Waals surface area contributed by atoms with Gasteiger partial charge in [0.2, 0.25) is 0 Å². The van der Waals surface area contributed by atoms with Crippen LogP contribution in [0.4, 0.5) is 110 Å². The van der Waals surface area contributed by atoms with Crippen LogP contribution in [0.25, 0.3) is 0 Å². The van der Waals surface area contributed by atoms with Gasteiger partial charge in [0.1, 0.15) is 0 Å². The Kier molecular flexibility index (Phi) is 13.8. The van der Waals surface area contributed by atoms with E-state index >= 15 is 0 Å². The highest BCUT2D eigenvalue weighted by atomic mass is 31.2. The minimum atomic E-state index is -9.72. The average molecular weight is 808 g/mol. The van der Waals surface area contributed by atoms with Gasteiger partial charge >= 0.3 is 71.3 Å². The molecule has 294 valence electrons. The lowest BCUT2D eigenvalue weighted by molar-refractivity contribution is -0.482. The highest BCUT2D eigenvalue weighted by molar-refractivity contribution is 7.43. The lowest BCUT2D eigenvalue weighted by Crippen LogP contribution is -2.78. The van der Waals surface area contributed by atoms with Crippen molar-refractivity contribution in [3.05, 3.63) is 0 Å². The molecule has 1 unspecified atom stereocenters. The van der Waals surface area contributed by atoms with Crippen molar-refractivity contribution in [1.82, 2.24) is 12.3 Å². The quantitative estimate of drug-likeness (QED) is 0.121. The molecule has 0 amide bonds. The molecule has 0 aromatic carbocycles. The van der Waals surface area contributed by atoms with E-state index in [1.165, 1.54) is 0 Å². The molecular formula is C15H14F25N2O5P. The molecule has 0 aromatic rings. The molecule has 48 heavy (non-hydrogen) atoms. The molecule has 0 aromatic heterocycles. The van der Waals surface area contributed by atoms with Gasteiger partial charge in [0.15, 0.2) is 0 Å². The second kappa shape index (κ2) is 13.1. The number of phosphoric ester groups is 1. The van der Waals surface area contributed by atoms with Crippen molar-refractivity contribution in [3.63, 3.8) is 0 Å². The summed E-state index contributed by atoms with van der Waals surface area (Å²) in [7, 11) is -6.37. The predicted octanol–water partition coefficient (Wildman–Crippen LogP) is 6.89. The summed E-state index contributed by atoms with van der Waals surface area (Å²) in [6, 6.07) is 0. The molecule has 0 aliphatic heterocycles. The Morgan fingerprint density at radius 2 is 0.667 bits per heavy atom. The summed E-state index contributed by atoms with van der Waals surface area (Å²) in [6.07, 6.45) is -15.6. The zero-order chi connectivity index (χ0) is 38.2. The predicted molar refractivity (Wildman–Crippen MR) is 96.6 cm³/mol. The molecule has 0 heterocycles. The van der Waals surface area contributed by atoms with E-state index < -0.39 is 98.3 Å². The van der Waals surface area contributed by atoms with Crippen LogP contribution >= 0.6 is 7.82 Å².